The smallest absolute Gasteiger partial charge is 0.310 e. The first kappa shape index (κ1) is 11.5. The van der Waals surface area contributed by atoms with Gasteiger partial charge in [0.2, 0.25) is 0 Å². The lowest BCUT2D eigenvalue weighted by molar-refractivity contribution is -0.159. The number of aliphatic carboxylic acids is 1. The predicted molar refractivity (Wildman–Crippen MR) is 57.2 cm³/mol. The van der Waals surface area contributed by atoms with Crippen LogP contribution in [0.5, 0.6) is 0 Å². The Morgan fingerprint density at radius 1 is 1.57 bits per heavy atom. The Morgan fingerprint density at radius 3 is 2.64 bits per heavy atom. The Balaban J connectivity index is 2.94. The number of carboxylic acid groups (broad SMARTS) is 1. The number of hydrogen-bond donors (Lipinski definition) is 1. The summed E-state index contributed by atoms with van der Waals surface area (Å²) < 4.78 is 0. The zero-order chi connectivity index (χ0) is 10.8. The first-order chi connectivity index (χ1) is 6.55. The van der Waals surface area contributed by atoms with Gasteiger partial charge in [0.1, 0.15) is 0 Å². The van der Waals surface area contributed by atoms with Crippen molar-refractivity contribution in [3.8, 4) is 0 Å². The van der Waals surface area contributed by atoms with E-state index in [4.69, 9.17) is 0 Å². The van der Waals surface area contributed by atoms with Gasteiger partial charge in [-0.1, -0.05) is 40.0 Å². The normalized spacial score (nSPS) is 35.2. The van der Waals surface area contributed by atoms with Crippen LogP contribution >= 0.6 is 0 Å². The first-order valence-corrected chi connectivity index (χ1v) is 5.79. The Labute approximate surface area is 86.7 Å². The van der Waals surface area contributed by atoms with E-state index in [2.05, 4.69) is 20.8 Å². The second-order valence-corrected chi connectivity index (χ2v) is 4.80. The van der Waals surface area contributed by atoms with Crippen molar-refractivity contribution in [1.82, 2.24) is 0 Å². The fourth-order valence-electron chi connectivity index (χ4n) is 3.00. The summed E-state index contributed by atoms with van der Waals surface area (Å²) >= 11 is 0. The molecule has 0 aliphatic heterocycles. The van der Waals surface area contributed by atoms with E-state index < -0.39 is 11.4 Å². The monoisotopic (exact) mass is 198 g/mol. The highest BCUT2D eigenvalue weighted by atomic mass is 16.4. The lowest BCUT2D eigenvalue weighted by atomic mass is 9.60. The molecule has 0 saturated heterocycles. The third-order valence-corrected chi connectivity index (χ3v) is 4.25. The van der Waals surface area contributed by atoms with Crippen molar-refractivity contribution in [2.75, 3.05) is 0 Å². The van der Waals surface area contributed by atoms with Gasteiger partial charge in [-0.2, -0.15) is 0 Å². The molecule has 0 aromatic rings. The van der Waals surface area contributed by atoms with Crippen LogP contribution in [0.15, 0.2) is 0 Å². The van der Waals surface area contributed by atoms with E-state index >= 15 is 0 Å². The van der Waals surface area contributed by atoms with Gasteiger partial charge in [-0.05, 0) is 24.7 Å². The molecule has 0 heterocycles. The number of hydrogen-bond acceptors (Lipinski definition) is 1. The molecule has 0 aromatic carbocycles. The predicted octanol–water partition coefficient (Wildman–Crippen LogP) is 3.31. The average molecular weight is 198 g/mol. The van der Waals surface area contributed by atoms with Crippen LogP contribution in [0.2, 0.25) is 0 Å². The standard InChI is InChI=1S/C12H22O2/c1-4-9(2)12(11(13)14)8-6-5-7-10(12)3/h9-10H,4-8H2,1-3H3,(H,13,14). The molecule has 14 heavy (non-hydrogen) atoms. The topological polar surface area (TPSA) is 37.3 Å². The minimum atomic E-state index is -0.570. The first-order valence-electron chi connectivity index (χ1n) is 5.79. The maximum atomic E-state index is 11.5. The van der Waals surface area contributed by atoms with Gasteiger partial charge in [-0.25, -0.2) is 0 Å². The van der Waals surface area contributed by atoms with Crippen molar-refractivity contribution in [3.63, 3.8) is 0 Å². The van der Waals surface area contributed by atoms with Gasteiger partial charge in [-0.3, -0.25) is 4.79 Å². The Hall–Kier alpha value is -0.530. The fraction of sp³-hybridized carbons (Fsp3) is 0.917. The molecule has 2 nitrogen and oxygen atoms in total. The molecule has 1 saturated carbocycles. The maximum Gasteiger partial charge on any atom is 0.310 e. The molecule has 82 valence electrons. The lowest BCUT2D eigenvalue weighted by Crippen LogP contribution is -2.44. The summed E-state index contributed by atoms with van der Waals surface area (Å²) in [5.74, 6) is 0.0676. The van der Waals surface area contributed by atoms with Crippen LogP contribution in [0.1, 0.15) is 52.9 Å². The Kier molecular flexibility index (Phi) is 3.57. The average Bonchev–Trinajstić information content (AvgIpc) is 2.17. The fourth-order valence-corrected chi connectivity index (χ4v) is 3.00. The molecule has 2 heteroatoms. The summed E-state index contributed by atoms with van der Waals surface area (Å²) in [6, 6.07) is 0. The lowest BCUT2D eigenvalue weighted by Gasteiger charge is -2.43. The zero-order valence-electron chi connectivity index (χ0n) is 9.55. The summed E-state index contributed by atoms with van der Waals surface area (Å²) in [4.78, 5) is 11.5. The number of carbonyl (C=O) groups is 1. The minimum absolute atomic E-state index is 0.301. The van der Waals surface area contributed by atoms with Crippen LogP contribution < -0.4 is 0 Å². The van der Waals surface area contributed by atoms with E-state index in [0.717, 1.165) is 25.7 Å². The third kappa shape index (κ3) is 1.67. The van der Waals surface area contributed by atoms with Gasteiger partial charge in [0, 0.05) is 0 Å². The largest absolute Gasteiger partial charge is 0.481 e. The van der Waals surface area contributed by atoms with Crippen LogP contribution in [0.3, 0.4) is 0 Å². The minimum Gasteiger partial charge on any atom is -0.481 e. The Bertz CT molecular complexity index is 206. The van der Waals surface area contributed by atoms with Crippen LogP contribution in [0, 0.1) is 17.3 Å². The zero-order valence-corrected chi connectivity index (χ0v) is 9.55. The molecule has 0 amide bonds. The van der Waals surface area contributed by atoms with E-state index in [9.17, 15) is 9.90 Å². The van der Waals surface area contributed by atoms with Crippen molar-refractivity contribution >= 4 is 5.97 Å². The van der Waals surface area contributed by atoms with Gasteiger partial charge in [0.15, 0.2) is 0 Å². The highest BCUT2D eigenvalue weighted by Crippen LogP contribution is 2.47. The molecule has 3 atom stereocenters. The summed E-state index contributed by atoms with van der Waals surface area (Å²) in [6.07, 6.45) is 5.21. The van der Waals surface area contributed by atoms with Crippen LogP contribution in [-0.4, -0.2) is 11.1 Å². The second-order valence-electron chi connectivity index (χ2n) is 4.80. The highest BCUT2D eigenvalue weighted by Gasteiger charge is 2.48. The molecule has 0 radical (unpaired) electrons. The maximum absolute atomic E-state index is 11.5. The van der Waals surface area contributed by atoms with Crippen LogP contribution in [0.4, 0.5) is 0 Å². The van der Waals surface area contributed by atoms with E-state index in [0.29, 0.717) is 11.8 Å². The summed E-state index contributed by atoms with van der Waals surface area (Å²) in [6.45, 7) is 6.30. The van der Waals surface area contributed by atoms with Crippen molar-refractivity contribution in [3.05, 3.63) is 0 Å². The van der Waals surface area contributed by atoms with Crippen molar-refractivity contribution in [2.24, 2.45) is 17.3 Å². The molecule has 0 bridgehead atoms. The van der Waals surface area contributed by atoms with Crippen LogP contribution in [0.25, 0.3) is 0 Å². The van der Waals surface area contributed by atoms with Gasteiger partial charge < -0.3 is 5.11 Å². The molecule has 0 aromatic heterocycles. The van der Waals surface area contributed by atoms with E-state index in [-0.39, 0.29) is 0 Å². The number of carboxylic acids is 1. The summed E-state index contributed by atoms with van der Waals surface area (Å²) in [5, 5.41) is 9.46. The van der Waals surface area contributed by atoms with Gasteiger partial charge >= 0.3 is 5.97 Å². The molecule has 0 spiro atoms. The van der Waals surface area contributed by atoms with Crippen molar-refractivity contribution in [1.29, 1.82) is 0 Å². The molecule has 3 unspecified atom stereocenters. The molecule has 1 N–H and O–H groups in total. The molecular weight excluding hydrogens is 176 g/mol. The van der Waals surface area contributed by atoms with Gasteiger partial charge in [0.25, 0.3) is 0 Å². The third-order valence-electron chi connectivity index (χ3n) is 4.25. The Morgan fingerprint density at radius 2 is 2.21 bits per heavy atom. The molecule has 1 aliphatic rings. The summed E-state index contributed by atoms with van der Waals surface area (Å²) in [5.41, 5.74) is -0.437. The summed E-state index contributed by atoms with van der Waals surface area (Å²) in [7, 11) is 0. The molecule has 1 rings (SSSR count). The molecule has 1 aliphatic carbocycles. The van der Waals surface area contributed by atoms with Crippen molar-refractivity contribution < 1.29 is 9.90 Å². The van der Waals surface area contributed by atoms with Crippen LogP contribution in [-0.2, 0) is 4.79 Å². The quantitative estimate of drug-likeness (QED) is 0.755. The van der Waals surface area contributed by atoms with Gasteiger partial charge in [-0.15, -0.1) is 0 Å². The highest BCUT2D eigenvalue weighted by molar-refractivity contribution is 5.75. The van der Waals surface area contributed by atoms with E-state index in [1.165, 1.54) is 6.42 Å². The number of rotatable bonds is 3. The van der Waals surface area contributed by atoms with Gasteiger partial charge in [0.05, 0.1) is 5.41 Å². The SMILES string of the molecule is CCC(C)C1(C(=O)O)CCCCC1C. The van der Waals surface area contributed by atoms with Crippen molar-refractivity contribution in [2.45, 2.75) is 52.9 Å². The van der Waals surface area contributed by atoms with E-state index in [1.807, 2.05) is 0 Å². The van der Waals surface area contributed by atoms with E-state index in [1.54, 1.807) is 0 Å². The second kappa shape index (κ2) is 4.33. The molecular formula is C12H22O2. The molecule has 1 fully saturated rings.